The Balaban J connectivity index is 1.81. The first-order chi connectivity index (χ1) is 11.5. The lowest BCUT2D eigenvalue weighted by molar-refractivity contribution is 0.0853. The lowest BCUT2D eigenvalue weighted by Crippen LogP contribution is -2.33. The van der Waals surface area contributed by atoms with Gasteiger partial charge in [-0.05, 0) is 49.6 Å². The van der Waals surface area contributed by atoms with Gasteiger partial charge in [-0.1, -0.05) is 0 Å². The van der Waals surface area contributed by atoms with E-state index in [-0.39, 0.29) is 17.6 Å². The molecular weight excluding hydrogens is 313 g/mol. The Kier molecular flexibility index (Phi) is 4.71. The van der Waals surface area contributed by atoms with Gasteiger partial charge in [-0.2, -0.15) is 4.98 Å². The molecule has 0 bridgehead atoms. The molecule has 1 aromatic carbocycles. The molecule has 0 aliphatic carbocycles. The third-order valence-electron chi connectivity index (χ3n) is 3.96. The molecule has 6 nitrogen and oxygen atoms in total. The monoisotopic (exact) mass is 331 g/mol. The molecule has 1 unspecified atom stereocenters. The van der Waals surface area contributed by atoms with Crippen LogP contribution >= 0.6 is 0 Å². The van der Waals surface area contributed by atoms with Crippen LogP contribution in [0, 0.1) is 12.7 Å². The first-order valence-corrected chi connectivity index (χ1v) is 7.80. The number of aromatic amines is 1. The number of aromatic nitrogens is 2. The predicted molar refractivity (Wildman–Crippen MR) is 86.3 cm³/mol. The Morgan fingerprint density at radius 1 is 1.46 bits per heavy atom. The summed E-state index contributed by atoms with van der Waals surface area (Å²) in [7, 11) is 0. The van der Waals surface area contributed by atoms with Crippen LogP contribution in [0.3, 0.4) is 0 Å². The Morgan fingerprint density at radius 3 is 3.00 bits per heavy atom. The van der Waals surface area contributed by atoms with Gasteiger partial charge in [0.15, 0.2) is 0 Å². The minimum Gasteiger partial charge on any atom is -0.376 e. The number of carbonyl (C=O) groups excluding carboxylic acids is 1. The van der Waals surface area contributed by atoms with E-state index in [4.69, 9.17) is 4.74 Å². The molecular formula is C17H18FN3O3. The number of nitrogens with zero attached hydrogens (tertiary/aromatic N) is 1. The van der Waals surface area contributed by atoms with Gasteiger partial charge in [-0.3, -0.25) is 4.79 Å². The van der Waals surface area contributed by atoms with Crippen molar-refractivity contribution in [2.75, 3.05) is 13.2 Å². The van der Waals surface area contributed by atoms with Gasteiger partial charge in [0.2, 0.25) is 0 Å². The molecule has 1 aliphatic rings. The van der Waals surface area contributed by atoms with Crippen molar-refractivity contribution >= 4 is 5.91 Å². The van der Waals surface area contributed by atoms with Crippen molar-refractivity contribution in [1.29, 1.82) is 0 Å². The van der Waals surface area contributed by atoms with Crippen molar-refractivity contribution in [3.63, 3.8) is 0 Å². The van der Waals surface area contributed by atoms with Crippen LogP contribution in [-0.4, -0.2) is 35.1 Å². The van der Waals surface area contributed by atoms with Crippen LogP contribution in [0.5, 0.6) is 0 Å². The van der Waals surface area contributed by atoms with Gasteiger partial charge in [-0.25, -0.2) is 9.18 Å². The van der Waals surface area contributed by atoms with Crippen molar-refractivity contribution < 1.29 is 13.9 Å². The second kappa shape index (κ2) is 6.92. The number of H-pyrrole nitrogens is 1. The summed E-state index contributed by atoms with van der Waals surface area (Å²) in [5.41, 5.74) is 0.831. The number of hydrogen-bond acceptors (Lipinski definition) is 4. The van der Waals surface area contributed by atoms with Crippen molar-refractivity contribution in [2.45, 2.75) is 25.9 Å². The van der Waals surface area contributed by atoms with E-state index < -0.39 is 11.6 Å². The molecule has 126 valence electrons. The Bertz CT molecular complexity index is 813. The molecule has 2 aromatic rings. The third-order valence-corrected chi connectivity index (χ3v) is 3.96. The average molecular weight is 331 g/mol. The molecule has 2 N–H and O–H groups in total. The van der Waals surface area contributed by atoms with Crippen molar-refractivity contribution in [3.05, 3.63) is 51.8 Å². The largest absolute Gasteiger partial charge is 0.376 e. The maximum atomic E-state index is 13.4. The fourth-order valence-electron chi connectivity index (χ4n) is 2.64. The molecule has 1 amide bonds. The zero-order valence-corrected chi connectivity index (χ0v) is 13.3. The Labute approximate surface area is 138 Å². The highest BCUT2D eigenvalue weighted by Gasteiger charge is 2.17. The maximum Gasteiger partial charge on any atom is 0.346 e. The molecule has 3 rings (SSSR count). The molecule has 2 heterocycles. The normalized spacial score (nSPS) is 17.0. The molecule has 1 fully saturated rings. The summed E-state index contributed by atoms with van der Waals surface area (Å²) in [5, 5.41) is 2.75. The topological polar surface area (TPSA) is 84.1 Å². The van der Waals surface area contributed by atoms with Gasteiger partial charge >= 0.3 is 5.69 Å². The van der Waals surface area contributed by atoms with Crippen molar-refractivity contribution in [2.24, 2.45) is 0 Å². The van der Waals surface area contributed by atoms with E-state index in [2.05, 4.69) is 15.3 Å². The summed E-state index contributed by atoms with van der Waals surface area (Å²) in [6.45, 7) is 2.73. The van der Waals surface area contributed by atoms with Gasteiger partial charge < -0.3 is 15.0 Å². The van der Waals surface area contributed by atoms with E-state index in [1.54, 1.807) is 13.0 Å². The van der Waals surface area contributed by atoms with Crippen LogP contribution in [0.4, 0.5) is 4.39 Å². The predicted octanol–water partition coefficient (Wildman–Crippen LogP) is 1.79. The van der Waals surface area contributed by atoms with Crippen molar-refractivity contribution in [3.8, 4) is 11.3 Å². The third kappa shape index (κ3) is 3.68. The highest BCUT2D eigenvalue weighted by molar-refractivity contribution is 5.93. The minimum absolute atomic E-state index is 0.0155. The van der Waals surface area contributed by atoms with Crippen LogP contribution in [-0.2, 0) is 4.74 Å². The molecule has 0 saturated carbocycles. The highest BCUT2D eigenvalue weighted by atomic mass is 19.1. The lowest BCUT2D eigenvalue weighted by atomic mass is 10.1. The molecule has 1 aliphatic heterocycles. The second-order valence-electron chi connectivity index (χ2n) is 5.79. The second-order valence-corrected chi connectivity index (χ2v) is 5.79. The molecule has 1 saturated heterocycles. The summed E-state index contributed by atoms with van der Waals surface area (Å²) in [5.74, 6) is -0.733. The molecule has 7 heteroatoms. The highest BCUT2D eigenvalue weighted by Crippen LogP contribution is 2.19. The SMILES string of the molecule is Cc1cc(-c2cc(C(=O)NCC3CCCO3)[nH]c(=O)n2)ccc1F. The summed E-state index contributed by atoms with van der Waals surface area (Å²) < 4.78 is 18.8. The number of benzene rings is 1. The van der Waals surface area contributed by atoms with E-state index in [0.29, 0.717) is 30.0 Å². The number of rotatable bonds is 4. The number of carbonyl (C=O) groups is 1. The smallest absolute Gasteiger partial charge is 0.346 e. The molecule has 0 spiro atoms. The van der Waals surface area contributed by atoms with Crippen molar-refractivity contribution in [1.82, 2.24) is 15.3 Å². The van der Waals surface area contributed by atoms with E-state index in [0.717, 1.165) is 12.8 Å². The number of aryl methyl sites for hydroxylation is 1. The molecule has 24 heavy (non-hydrogen) atoms. The van der Waals surface area contributed by atoms with Crippen LogP contribution < -0.4 is 11.0 Å². The fraction of sp³-hybridized carbons (Fsp3) is 0.353. The van der Waals surface area contributed by atoms with Crippen LogP contribution in [0.2, 0.25) is 0 Å². The quantitative estimate of drug-likeness (QED) is 0.895. The van der Waals surface area contributed by atoms with E-state index >= 15 is 0 Å². The van der Waals surface area contributed by atoms with Gasteiger partial charge in [0.25, 0.3) is 5.91 Å². The first kappa shape index (κ1) is 16.3. The fourth-order valence-corrected chi connectivity index (χ4v) is 2.64. The summed E-state index contributed by atoms with van der Waals surface area (Å²) >= 11 is 0. The zero-order valence-electron chi connectivity index (χ0n) is 13.3. The van der Waals surface area contributed by atoms with E-state index in [1.807, 2.05) is 0 Å². The first-order valence-electron chi connectivity index (χ1n) is 7.80. The van der Waals surface area contributed by atoms with E-state index in [9.17, 15) is 14.0 Å². The van der Waals surface area contributed by atoms with Gasteiger partial charge in [0.05, 0.1) is 11.8 Å². The van der Waals surface area contributed by atoms with Gasteiger partial charge in [0, 0.05) is 18.7 Å². The Morgan fingerprint density at radius 2 is 2.29 bits per heavy atom. The molecule has 1 aromatic heterocycles. The van der Waals surface area contributed by atoms with Gasteiger partial charge in [-0.15, -0.1) is 0 Å². The molecule has 0 radical (unpaired) electrons. The number of hydrogen-bond donors (Lipinski definition) is 2. The Hall–Kier alpha value is -2.54. The van der Waals surface area contributed by atoms with Crippen LogP contribution in [0.15, 0.2) is 29.1 Å². The summed E-state index contributed by atoms with van der Waals surface area (Å²) in [6, 6.07) is 5.91. The van der Waals surface area contributed by atoms with Crippen LogP contribution in [0.1, 0.15) is 28.9 Å². The number of ether oxygens (including phenoxy) is 1. The van der Waals surface area contributed by atoms with Gasteiger partial charge in [0.1, 0.15) is 11.5 Å². The standard InChI is InChI=1S/C17H18FN3O3/c1-10-7-11(4-5-13(10)18)14-8-15(21-17(23)20-14)16(22)19-9-12-3-2-6-24-12/h4-5,7-8,12H,2-3,6,9H2,1H3,(H,19,22)(H,20,21,23). The van der Waals surface area contributed by atoms with Crippen LogP contribution in [0.25, 0.3) is 11.3 Å². The molecule has 1 atom stereocenters. The minimum atomic E-state index is -0.628. The zero-order chi connectivity index (χ0) is 17.1. The summed E-state index contributed by atoms with van der Waals surface area (Å²) in [4.78, 5) is 30.3. The number of amides is 1. The number of halogens is 1. The summed E-state index contributed by atoms with van der Waals surface area (Å²) in [6.07, 6.45) is 1.91. The number of nitrogens with one attached hydrogen (secondary N) is 2. The lowest BCUT2D eigenvalue weighted by Gasteiger charge is -2.11. The average Bonchev–Trinajstić information content (AvgIpc) is 3.08. The van der Waals surface area contributed by atoms with E-state index in [1.165, 1.54) is 18.2 Å². The maximum absolute atomic E-state index is 13.4.